The van der Waals surface area contributed by atoms with Crippen LogP contribution in [0, 0.1) is 11.8 Å². The van der Waals surface area contributed by atoms with Crippen molar-refractivity contribution < 1.29 is 26.4 Å². The Morgan fingerprint density at radius 2 is 1.94 bits per heavy atom. The topological polar surface area (TPSA) is 145 Å². The number of nitrogens with one attached hydrogen (secondary N) is 2. The molecule has 3 atom stereocenters. The number of fused-ring (bicyclic) bond motifs is 2. The van der Waals surface area contributed by atoms with Gasteiger partial charge in [-0.2, -0.15) is 8.42 Å². The van der Waals surface area contributed by atoms with Gasteiger partial charge in [-0.15, -0.1) is 4.40 Å². The maximum Gasteiger partial charge on any atom is 0.286 e. The average molecular weight is 470 g/mol. The minimum Gasteiger partial charge on any atom is -0.341 e. The fourth-order valence-corrected chi connectivity index (χ4v) is 6.26. The molecule has 13 heteroatoms. The maximum absolute atomic E-state index is 13.2. The van der Waals surface area contributed by atoms with Gasteiger partial charge in [-0.3, -0.25) is 19.3 Å². The Balaban J connectivity index is 1.73. The van der Waals surface area contributed by atoms with E-state index in [0.29, 0.717) is 12.8 Å². The van der Waals surface area contributed by atoms with Gasteiger partial charge in [0.15, 0.2) is 11.7 Å². The Kier molecular flexibility index (Phi) is 5.10. The highest BCUT2D eigenvalue weighted by atomic mass is 32.2. The van der Waals surface area contributed by atoms with Gasteiger partial charge in [0, 0.05) is 25.7 Å². The first-order chi connectivity index (χ1) is 14.4. The number of hydrazine groups is 1. The number of anilines is 2. The predicted molar refractivity (Wildman–Crippen MR) is 113 cm³/mol. The van der Waals surface area contributed by atoms with Gasteiger partial charge in [0.2, 0.25) is 10.0 Å². The average Bonchev–Trinajstić information content (AvgIpc) is 3.10. The van der Waals surface area contributed by atoms with Gasteiger partial charge in [-0.25, -0.2) is 13.4 Å². The number of amides is 1. The molecule has 2 aliphatic heterocycles. The molecule has 2 heterocycles. The minimum absolute atomic E-state index is 0.0580. The fourth-order valence-electron chi connectivity index (χ4n) is 4.52. The fraction of sp³-hybridized carbons (Fsp3) is 0.500. The largest absolute Gasteiger partial charge is 0.341 e. The molecule has 11 nitrogen and oxygen atoms in total. The Hall–Kier alpha value is -2.51. The number of rotatable bonds is 4. The minimum atomic E-state index is -4.27. The van der Waals surface area contributed by atoms with Crippen molar-refractivity contribution in [3.8, 4) is 0 Å². The van der Waals surface area contributed by atoms with Crippen LogP contribution in [0.25, 0.3) is 0 Å². The Labute approximate surface area is 180 Å². The van der Waals surface area contributed by atoms with Gasteiger partial charge in [0.25, 0.3) is 15.9 Å². The molecule has 1 aromatic rings. The molecule has 1 saturated carbocycles. The van der Waals surface area contributed by atoms with Crippen LogP contribution in [0.4, 0.5) is 11.4 Å². The maximum atomic E-state index is 13.2. The lowest BCUT2D eigenvalue weighted by Gasteiger charge is -2.43. The zero-order valence-electron chi connectivity index (χ0n) is 17.2. The van der Waals surface area contributed by atoms with Crippen molar-refractivity contribution in [2.24, 2.45) is 16.2 Å². The summed E-state index contributed by atoms with van der Waals surface area (Å²) in [6.07, 6.45) is 3.10. The zero-order chi connectivity index (χ0) is 22.7. The first kappa shape index (κ1) is 21.7. The smallest absolute Gasteiger partial charge is 0.286 e. The van der Waals surface area contributed by atoms with Crippen molar-refractivity contribution >= 4 is 48.9 Å². The Morgan fingerprint density at radius 1 is 1.23 bits per heavy atom. The second-order valence-corrected chi connectivity index (χ2v) is 11.5. The summed E-state index contributed by atoms with van der Waals surface area (Å²) in [6.45, 7) is 0. The summed E-state index contributed by atoms with van der Waals surface area (Å²) in [4.78, 5) is 26.1. The van der Waals surface area contributed by atoms with Crippen molar-refractivity contribution in [1.82, 2.24) is 10.0 Å². The number of piperidine rings is 1. The highest BCUT2D eigenvalue weighted by Gasteiger charge is 2.53. The molecule has 0 spiro atoms. The van der Waals surface area contributed by atoms with E-state index in [9.17, 15) is 26.4 Å². The van der Waals surface area contributed by atoms with Gasteiger partial charge in [-0.05, 0) is 31.0 Å². The molecule has 1 amide bonds. The van der Waals surface area contributed by atoms with E-state index in [4.69, 9.17) is 0 Å². The number of ketones is 1. The molecule has 0 bridgehead atoms. The second kappa shape index (κ2) is 7.28. The molecule has 3 aliphatic rings. The molecule has 2 fully saturated rings. The SMILES string of the molecule is CN(C)N1C(=O)C(C2=NS(=O)(=O)c3cc(NS(C)(=O)=O)ccc3N2)C(=O)C2CCCC21. The third-order valence-electron chi connectivity index (χ3n) is 5.66. The van der Waals surface area contributed by atoms with Gasteiger partial charge in [0.05, 0.1) is 18.0 Å². The summed E-state index contributed by atoms with van der Waals surface area (Å²) >= 11 is 0. The van der Waals surface area contributed by atoms with Crippen LogP contribution in [-0.4, -0.2) is 70.8 Å². The summed E-state index contributed by atoms with van der Waals surface area (Å²) in [6, 6.07) is 3.66. The van der Waals surface area contributed by atoms with E-state index < -0.39 is 31.9 Å². The molecule has 0 aromatic heterocycles. The number of carbonyl (C=O) groups excluding carboxylic acids is 2. The number of amidine groups is 1. The van der Waals surface area contributed by atoms with E-state index in [2.05, 4.69) is 14.4 Å². The summed E-state index contributed by atoms with van der Waals surface area (Å²) in [5.41, 5.74) is 0.178. The van der Waals surface area contributed by atoms with Gasteiger partial charge in [-0.1, -0.05) is 6.42 Å². The third-order valence-corrected chi connectivity index (χ3v) is 7.60. The monoisotopic (exact) mass is 469 g/mol. The first-order valence-corrected chi connectivity index (χ1v) is 13.0. The van der Waals surface area contributed by atoms with Crippen LogP contribution >= 0.6 is 0 Å². The van der Waals surface area contributed by atoms with Crippen LogP contribution in [0.2, 0.25) is 0 Å². The number of nitrogens with zero attached hydrogens (tertiary/aromatic N) is 3. The lowest BCUT2D eigenvalue weighted by atomic mass is 9.83. The molecule has 0 radical (unpaired) electrons. The molecule has 4 rings (SSSR count). The molecule has 31 heavy (non-hydrogen) atoms. The van der Waals surface area contributed by atoms with E-state index in [1.165, 1.54) is 17.1 Å². The quantitative estimate of drug-likeness (QED) is 0.597. The Bertz CT molecular complexity index is 1210. The third kappa shape index (κ3) is 3.81. The van der Waals surface area contributed by atoms with Crippen LogP contribution < -0.4 is 10.0 Å². The highest BCUT2D eigenvalue weighted by molar-refractivity contribution is 7.92. The van der Waals surface area contributed by atoms with E-state index >= 15 is 0 Å². The van der Waals surface area contributed by atoms with Gasteiger partial charge >= 0.3 is 0 Å². The van der Waals surface area contributed by atoms with Crippen molar-refractivity contribution in [2.75, 3.05) is 30.4 Å². The normalized spacial score (nSPS) is 27.4. The summed E-state index contributed by atoms with van der Waals surface area (Å²) in [5, 5.41) is 5.97. The molecule has 1 saturated heterocycles. The molecular formula is C18H23N5O6S2. The summed E-state index contributed by atoms with van der Waals surface area (Å²) < 4.78 is 54.5. The van der Waals surface area contributed by atoms with Crippen molar-refractivity contribution in [1.29, 1.82) is 0 Å². The molecule has 1 aliphatic carbocycles. The van der Waals surface area contributed by atoms with Crippen molar-refractivity contribution in [3.63, 3.8) is 0 Å². The van der Waals surface area contributed by atoms with Crippen molar-refractivity contribution in [3.05, 3.63) is 18.2 Å². The predicted octanol–water partition coefficient (Wildman–Crippen LogP) is 0.244. The van der Waals surface area contributed by atoms with Crippen LogP contribution in [0.1, 0.15) is 19.3 Å². The lowest BCUT2D eigenvalue weighted by molar-refractivity contribution is -0.165. The van der Waals surface area contributed by atoms with Crippen LogP contribution in [-0.2, 0) is 29.6 Å². The number of Topliss-reactive ketones (excluding diaryl/α,β-unsaturated/α-hetero) is 1. The van der Waals surface area contributed by atoms with Gasteiger partial charge < -0.3 is 5.32 Å². The van der Waals surface area contributed by atoms with Gasteiger partial charge in [0.1, 0.15) is 10.7 Å². The Morgan fingerprint density at radius 3 is 2.58 bits per heavy atom. The van der Waals surface area contributed by atoms with Crippen LogP contribution in [0.5, 0.6) is 0 Å². The zero-order valence-corrected chi connectivity index (χ0v) is 18.8. The van der Waals surface area contributed by atoms with E-state index in [1.54, 1.807) is 19.1 Å². The standard InChI is InChI=1S/C18H23N5O6S2/c1-22(2)23-13-6-4-5-11(13)16(24)15(18(23)25)17-19-12-8-7-10(20-30(3,26)27)9-14(12)31(28,29)21-17/h7-9,11,13,15,20H,4-6H2,1-3H3,(H,19,21). The number of hydrogen-bond donors (Lipinski definition) is 2. The summed E-state index contributed by atoms with van der Waals surface area (Å²) in [7, 11) is -4.46. The highest BCUT2D eigenvalue weighted by Crippen LogP contribution is 2.40. The van der Waals surface area contributed by atoms with Crippen LogP contribution in [0.15, 0.2) is 27.5 Å². The molecule has 168 valence electrons. The number of hydrogen-bond acceptors (Lipinski definition) is 8. The molecular weight excluding hydrogens is 446 g/mol. The second-order valence-electron chi connectivity index (χ2n) is 8.13. The van der Waals surface area contributed by atoms with Crippen LogP contribution in [0.3, 0.4) is 0 Å². The van der Waals surface area contributed by atoms with E-state index in [-0.39, 0.29) is 39.8 Å². The molecule has 3 unspecified atom stereocenters. The van der Waals surface area contributed by atoms with E-state index in [1.807, 2.05) is 0 Å². The summed E-state index contributed by atoms with van der Waals surface area (Å²) in [5.74, 6) is -2.80. The number of benzene rings is 1. The number of sulfonamides is 2. The molecule has 1 aromatic carbocycles. The number of carbonyl (C=O) groups is 2. The van der Waals surface area contributed by atoms with E-state index in [0.717, 1.165) is 18.7 Å². The first-order valence-electron chi connectivity index (χ1n) is 9.67. The lowest BCUT2D eigenvalue weighted by Crippen LogP contribution is -2.62. The van der Waals surface area contributed by atoms with Crippen molar-refractivity contribution in [2.45, 2.75) is 30.2 Å². The molecule has 2 N–H and O–H groups in total.